The molecule has 0 amide bonds. The number of halogens is 1. The fraction of sp³-hybridized carbons (Fsp3) is 0.500. The van der Waals surface area contributed by atoms with Gasteiger partial charge in [-0.25, -0.2) is 0 Å². The Morgan fingerprint density at radius 1 is 1.29 bits per heavy atom. The molecule has 0 bridgehead atoms. The molecule has 0 radical (unpaired) electrons. The second-order valence-electron chi connectivity index (χ2n) is 4.20. The number of rotatable bonds is 4. The summed E-state index contributed by atoms with van der Waals surface area (Å²) in [5, 5.41) is 19.4. The molecule has 2 N–H and O–H groups in total. The van der Waals surface area contributed by atoms with Crippen molar-refractivity contribution in [1.29, 1.82) is 0 Å². The van der Waals surface area contributed by atoms with E-state index in [1.54, 1.807) is 12.1 Å². The van der Waals surface area contributed by atoms with Gasteiger partial charge in [-0.05, 0) is 18.2 Å². The Balaban J connectivity index is 1.73. The van der Waals surface area contributed by atoms with Gasteiger partial charge in [0.05, 0.1) is 12.2 Å². The summed E-state index contributed by atoms with van der Waals surface area (Å²) in [4.78, 5) is 1.97. The highest BCUT2D eigenvalue weighted by molar-refractivity contribution is 6.30. The molecule has 0 aliphatic carbocycles. The third-order valence-electron chi connectivity index (χ3n) is 2.81. The Hall–Kier alpha value is -0.810. The van der Waals surface area contributed by atoms with Crippen LogP contribution in [0, 0.1) is 0 Å². The third kappa shape index (κ3) is 3.57. The summed E-state index contributed by atoms with van der Waals surface area (Å²) in [7, 11) is 0. The molecule has 1 fully saturated rings. The van der Waals surface area contributed by atoms with Crippen LogP contribution in [0.2, 0.25) is 5.02 Å². The van der Waals surface area contributed by atoms with Crippen molar-refractivity contribution in [3.8, 4) is 5.75 Å². The maximum atomic E-state index is 9.37. The van der Waals surface area contributed by atoms with E-state index in [-0.39, 0.29) is 0 Å². The number of hydrogen-bond acceptors (Lipinski definition) is 4. The smallest absolute Gasteiger partial charge is 0.120 e. The molecule has 1 saturated heterocycles. The largest absolute Gasteiger partial charge is 0.492 e. The Morgan fingerprint density at radius 2 is 2.00 bits per heavy atom. The second-order valence-corrected chi connectivity index (χ2v) is 4.64. The number of hydrogen-bond donors (Lipinski definition) is 2. The van der Waals surface area contributed by atoms with Gasteiger partial charge in [-0.3, -0.25) is 4.90 Å². The van der Waals surface area contributed by atoms with Crippen molar-refractivity contribution in [1.82, 2.24) is 4.90 Å². The molecule has 0 unspecified atom stereocenters. The van der Waals surface area contributed by atoms with Crippen LogP contribution >= 0.6 is 11.6 Å². The van der Waals surface area contributed by atoms with E-state index < -0.39 is 12.2 Å². The fourth-order valence-corrected chi connectivity index (χ4v) is 2.06. The first kappa shape index (κ1) is 12.6. The second kappa shape index (κ2) is 5.69. The zero-order valence-electron chi connectivity index (χ0n) is 9.42. The van der Waals surface area contributed by atoms with Crippen molar-refractivity contribution < 1.29 is 14.9 Å². The molecule has 0 aromatic heterocycles. The van der Waals surface area contributed by atoms with E-state index in [1.165, 1.54) is 0 Å². The number of β-amino-alcohol motifs (C(OH)–C–C–N with tert-alkyl or cyclic N) is 2. The summed E-state index contributed by atoms with van der Waals surface area (Å²) in [6, 6.07) is 7.23. The zero-order chi connectivity index (χ0) is 12.3. The summed E-state index contributed by atoms with van der Waals surface area (Å²) in [5.41, 5.74) is 0. The summed E-state index contributed by atoms with van der Waals surface area (Å²) < 4.78 is 5.53. The molecule has 0 saturated carbocycles. The minimum Gasteiger partial charge on any atom is -0.492 e. The molecule has 2 rings (SSSR count). The van der Waals surface area contributed by atoms with E-state index >= 15 is 0 Å². The van der Waals surface area contributed by atoms with Crippen LogP contribution < -0.4 is 4.74 Å². The zero-order valence-corrected chi connectivity index (χ0v) is 10.2. The topological polar surface area (TPSA) is 52.9 Å². The first-order valence-electron chi connectivity index (χ1n) is 5.62. The van der Waals surface area contributed by atoms with E-state index in [0.29, 0.717) is 31.3 Å². The van der Waals surface area contributed by atoms with Crippen molar-refractivity contribution in [2.75, 3.05) is 26.2 Å². The van der Waals surface area contributed by atoms with Crippen LogP contribution in [0.15, 0.2) is 24.3 Å². The van der Waals surface area contributed by atoms with Crippen LogP contribution in [0.3, 0.4) is 0 Å². The first-order chi connectivity index (χ1) is 8.15. The van der Waals surface area contributed by atoms with Gasteiger partial charge in [0.2, 0.25) is 0 Å². The maximum Gasteiger partial charge on any atom is 0.120 e. The number of aliphatic hydroxyl groups is 2. The monoisotopic (exact) mass is 257 g/mol. The Labute approximate surface area is 105 Å². The molecule has 1 heterocycles. The van der Waals surface area contributed by atoms with E-state index in [0.717, 1.165) is 5.75 Å². The molecular weight excluding hydrogens is 242 g/mol. The Morgan fingerprint density at radius 3 is 2.65 bits per heavy atom. The van der Waals surface area contributed by atoms with E-state index in [9.17, 15) is 10.2 Å². The molecule has 94 valence electrons. The summed E-state index contributed by atoms with van der Waals surface area (Å²) in [6.45, 7) is 2.20. The lowest BCUT2D eigenvalue weighted by Gasteiger charge is -2.15. The van der Waals surface area contributed by atoms with Crippen LogP contribution in [-0.4, -0.2) is 53.6 Å². The van der Waals surface area contributed by atoms with Gasteiger partial charge in [0.15, 0.2) is 0 Å². The standard InChI is InChI=1S/C12H16ClNO3/c13-9-2-1-3-10(6-9)17-5-4-14-7-11(15)12(16)8-14/h1-3,6,11-12,15-16H,4-5,7-8H2/t11-,12+. The molecule has 1 aliphatic rings. The van der Waals surface area contributed by atoms with Gasteiger partial charge in [0.25, 0.3) is 0 Å². The highest BCUT2D eigenvalue weighted by Crippen LogP contribution is 2.17. The van der Waals surface area contributed by atoms with Crippen LogP contribution in [-0.2, 0) is 0 Å². The molecular formula is C12H16ClNO3. The summed E-state index contributed by atoms with van der Waals surface area (Å²) in [6.07, 6.45) is -1.28. The molecule has 1 aromatic rings. The summed E-state index contributed by atoms with van der Waals surface area (Å²) in [5.74, 6) is 0.734. The molecule has 1 aromatic carbocycles. The van der Waals surface area contributed by atoms with Gasteiger partial charge in [-0.2, -0.15) is 0 Å². The average Bonchev–Trinajstić information content (AvgIpc) is 2.58. The highest BCUT2D eigenvalue weighted by Gasteiger charge is 2.28. The SMILES string of the molecule is O[C@@H]1CN(CCOc2cccc(Cl)c2)C[C@@H]1O. The minimum atomic E-state index is -0.638. The molecule has 0 spiro atoms. The van der Waals surface area contributed by atoms with Crippen molar-refractivity contribution in [3.63, 3.8) is 0 Å². The molecule has 2 atom stereocenters. The normalized spacial score (nSPS) is 25.1. The fourth-order valence-electron chi connectivity index (χ4n) is 1.88. The lowest BCUT2D eigenvalue weighted by atomic mass is 10.3. The first-order valence-corrected chi connectivity index (χ1v) is 6.00. The quantitative estimate of drug-likeness (QED) is 0.836. The van der Waals surface area contributed by atoms with Gasteiger partial charge in [0.1, 0.15) is 12.4 Å². The number of benzene rings is 1. The van der Waals surface area contributed by atoms with Gasteiger partial charge >= 0.3 is 0 Å². The summed E-state index contributed by atoms with van der Waals surface area (Å²) >= 11 is 5.83. The number of aliphatic hydroxyl groups excluding tert-OH is 2. The van der Waals surface area contributed by atoms with Gasteiger partial charge in [0, 0.05) is 24.7 Å². The van der Waals surface area contributed by atoms with Crippen molar-refractivity contribution in [3.05, 3.63) is 29.3 Å². The van der Waals surface area contributed by atoms with E-state index in [2.05, 4.69) is 0 Å². The molecule has 4 nitrogen and oxygen atoms in total. The number of likely N-dealkylation sites (tertiary alicyclic amines) is 1. The van der Waals surface area contributed by atoms with Crippen molar-refractivity contribution >= 4 is 11.6 Å². The van der Waals surface area contributed by atoms with Crippen LogP contribution in [0.1, 0.15) is 0 Å². The Kier molecular flexibility index (Phi) is 4.23. The van der Waals surface area contributed by atoms with Crippen LogP contribution in [0.5, 0.6) is 5.75 Å². The van der Waals surface area contributed by atoms with Gasteiger partial charge in [-0.1, -0.05) is 17.7 Å². The average molecular weight is 258 g/mol. The number of ether oxygens (including phenoxy) is 1. The Bertz CT molecular complexity index is 365. The van der Waals surface area contributed by atoms with Gasteiger partial charge in [-0.15, -0.1) is 0 Å². The van der Waals surface area contributed by atoms with E-state index in [1.807, 2.05) is 17.0 Å². The molecule has 17 heavy (non-hydrogen) atoms. The number of nitrogens with zero attached hydrogens (tertiary/aromatic N) is 1. The maximum absolute atomic E-state index is 9.37. The lowest BCUT2D eigenvalue weighted by Crippen LogP contribution is -2.27. The molecule has 5 heteroatoms. The van der Waals surface area contributed by atoms with E-state index in [4.69, 9.17) is 16.3 Å². The van der Waals surface area contributed by atoms with Crippen molar-refractivity contribution in [2.24, 2.45) is 0 Å². The van der Waals surface area contributed by atoms with Crippen LogP contribution in [0.25, 0.3) is 0 Å². The highest BCUT2D eigenvalue weighted by atomic mass is 35.5. The van der Waals surface area contributed by atoms with Gasteiger partial charge < -0.3 is 14.9 Å². The van der Waals surface area contributed by atoms with Crippen LogP contribution in [0.4, 0.5) is 0 Å². The third-order valence-corrected chi connectivity index (χ3v) is 3.04. The lowest BCUT2D eigenvalue weighted by molar-refractivity contribution is 0.0572. The molecule has 1 aliphatic heterocycles. The predicted molar refractivity (Wildman–Crippen MR) is 65.4 cm³/mol. The minimum absolute atomic E-state index is 0.500. The van der Waals surface area contributed by atoms with Crippen molar-refractivity contribution in [2.45, 2.75) is 12.2 Å². The predicted octanol–water partition coefficient (Wildman–Crippen LogP) is 0.756.